The van der Waals surface area contributed by atoms with Crippen LogP contribution < -0.4 is 11.1 Å². The molecule has 0 aliphatic carbocycles. The number of rotatable bonds is 2. The van der Waals surface area contributed by atoms with E-state index in [2.05, 4.69) is 10.3 Å². The maximum Gasteiger partial charge on any atom is 0.257 e. The summed E-state index contributed by atoms with van der Waals surface area (Å²) < 4.78 is 0. The van der Waals surface area contributed by atoms with Gasteiger partial charge in [0.25, 0.3) is 5.91 Å². The van der Waals surface area contributed by atoms with Gasteiger partial charge in [0.1, 0.15) is 5.15 Å². The Kier molecular flexibility index (Phi) is 3.46. The third-order valence-electron chi connectivity index (χ3n) is 3.15. The number of fused-ring (bicyclic) bond motifs is 1. The topological polar surface area (TPSA) is 68.0 Å². The molecule has 3 N–H and O–H groups in total. The molecule has 0 radical (unpaired) electrons. The summed E-state index contributed by atoms with van der Waals surface area (Å²) in [7, 11) is 0. The highest BCUT2D eigenvalue weighted by Gasteiger charge is 2.11. The van der Waals surface area contributed by atoms with E-state index in [0.29, 0.717) is 11.3 Å². The number of hydrogen-bond donors (Lipinski definition) is 2. The lowest BCUT2D eigenvalue weighted by Crippen LogP contribution is -2.14. The number of aromatic nitrogens is 1. The average Bonchev–Trinajstić information content (AvgIpc) is 2.49. The van der Waals surface area contributed by atoms with Gasteiger partial charge < -0.3 is 11.1 Å². The first kappa shape index (κ1) is 13.4. The second kappa shape index (κ2) is 5.42. The Morgan fingerprint density at radius 3 is 2.67 bits per heavy atom. The molecule has 0 saturated heterocycles. The van der Waals surface area contributed by atoms with E-state index in [1.165, 1.54) is 12.3 Å². The van der Waals surface area contributed by atoms with E-state index in [1.807, 2.05) is 42.5 Å². The van der Waals surface area contributed by atoms with Crippen molar-refractivity contribution in [3.8, 4) is 0 Å². The Hall–Kier alpha value is -2.59. The smallest absolute Gasteiger partial charge is 0.257 e. The van der Waals surface area contributed by atoms with Crippen LogP contribution in [0.2, 0.25) is 5.15 Å². The Morgan fingerprint density at radius 1 is 1.10 bits per heavy atom. The summed E-state index contributed by atoms with van der Waals surface area (Å²) in [4.78, 5) is 16.1. The Bertz CT molecular complexity index is 833. The molecule has 3 aromatic rings. The van der Waals surface area contributed by atoms with Crippen LogP contribution in [0, 0.1) is 0 Å². The number of amides is 1. The van der Waals surface area contributed by atoms with Crippen molar-refractivity contribution in [1.82, 2.24) is 4.98 Å². The van der Waals surface area contributed by atoms with E-state index >= 15 is 0 Å². The van der Waals surface area contributed by atoms with Crippen LogP contribution in [0.4, 0.5) is 11.4 Å². The van der Waals surface area contributed by atoms with Gasteiger partial charge in [-0.2, -0.15) is 0 Å². The third kappa shape index (κ3) is 2.80. The lowest BCUT2D eigenvalue weighted by molar-refractivity contribution is 0.102. The molecule has 21 heavy (non-hydrogen) atoms. The van der Waals surface area contributed by atoms with Crippen LogP contribution in [0.15, 0.2) is 54.7 Å². The molecule has 0 bridgehead atoms. The van der Waals surface area contributed by atoms with Gasteiger partial charge in [-0.05, 0) is 29.0 Å². The second-order valence-electron chi connectivity index (χ2n) is 4.61. The minimum atomic E-state index is -0.313. The molecule has 0 saturated carbocycles. The predicted molar refractivity (Wildman–Crippen MR) is 85.6 cm³/mol. The second-order valence-corrected chi connectivity index (χ2v) is 5.00. The number of nitrogens with one attached hydrogen (secondary N) is 1. The minimum Gasteiger partial charge on any atom is -0.397 e. The lowest BCUT2D eigenvalue weighted by atomic mass is 10.1. The zero-order valence-electron chi connectivity index (χ0n) is 11.0. The van der Waals surface area contributed by atoms with Gasteiger partial charge >= 0.3 is 0 Å². The molecule has 5 heteroatoms. The van der Waals surface area contributed by atoms with Crippen LogP contribution in [-0.4, -0.2) is 10.9 Å². The molecule has 0 fully saturated rings. The van der Waals surface area contributed by atoms with E-state index in [1.54, 1.807) is 0 Å². The predicted octanol–water partition coefficient (Wildman–Crippen LogP) is 3.72. The Morgan fingerprint density at radius 2 is 1.86 bits per heavy atom. The van der Waals surface area contributed by atoms with Gasteiger partial charge in [0.05, 0.1) is 17.4 Å². The standard InChI is InChI=1S/C16H12ClN3O/c17-15-8-13(14(18)9-19-15)16(21)20-12-6-5-10-3-1-2-4-11(10)7-12/h1-9H,18H2,(H,20,21). The molecular formula is C16H12ClN3O. The number of anilines is 2. The number of nitrogen functional groups attached to an aromatic ring is 1. The van der Waals surface area contributed by atoms with Crippen molar-refractivity contribution < 1.29 is 4.79 Å². The number of carbonyl (C=O) groups is 1. The third-order valence-corrected chi connectivity index (χ3v) is 3.36. The molecule has 3 rings (SSSR count). The van der Waals surface area contributed by atoms with E-state index in [9.17, 15) is 4.79 Å². The summed E-state index contributed by atoms with van der Waals surface area (Å²) in [6.07, 6.45) is 1.37. The molecule has 1 heterocycles. The Balaban J connectivity index is 1.90. The van der Waals surface area contributed by atoms with Crippen LogP contribution in [0.1, 0.15) is 10.4 Å². The van der Waals surface area contributed by atoms with Crippen LogP contribution >= 0.6 is 11.6 Å². The fourth-order valence-corrected chi connectivity index (χ4v) is 2.26. The SMILES string of the molecule is Nc1cnc(Cl)cc1C(=O)Nc1ccc2ccccc2c1. The quantitative estimate of drug-likeness (QED) is 0.708. The van der Waals surface area contributed by atoms with E-state index in [0.717, 1.165) is 10.8 Å². The largest absolute Gasteiger partial charge is 0.397 e. The van der Waals surface area contributed by atoms with Gasteiger partial charge in [-0.1, -0.05) is 41.9 Å². The molecule has 0 aliphatic rings. The number of halogens is 1. The molecular weight excluding hydrogens is 286 g/mol. The highest BCUT2D eigenvalue weighted by atomic mass is 35.5. The molecule has 2 aromatic carbocycles. The number of pyridine rings is 1. The summed E-state index contributed by atoms with van der Waals surface area (Å²) in [5.74, 6) is -0.313. The van der Waals surface area contributed by atoms with Crippen molar-refractivity contribution in [2.75, 3.05) is 11.1 Å². The molecule has 0 aliphatic heterocycles. The first-order chi connectivity index (χ1) is 10.1. The van der Waals surface area contributed by atoms with Gasteiger partial charge in [0.2, 0.25) is 0 Å². The highest BCUT2D eigenvalue weighted by Crippen LogP contribution is 2.21. The summed E-state index contributed by atoms with van der Waals surface area (Å²) in [5, 5.41) is 5.21. The molecule has 104 valence electrons. The van der Waals surface area contributed by atoms with Gasteiger partial charge in [-0.3, -0.25) is 4.79 Å². The zero-order chi connectivity index (χ0) is 14.8. The molecule has 0 spiro atoms. The van der Waals surface area contributed by atoms with Crippen molar-refractivity contribution in [2.24, 2.45) is 0 Å². The van der Waals surface area contributed by atoms with Crippen molar-refractivity contribution in [1.29, 1.82) is 0 Å². The van der Waals surface area contributed by atoms with Gasteiger partial charge in [-0.25, -0.2) is 4.98 Å². The minimum absolute atomic E-state index is 0.230. The van der Waals surface area contributed by atoms with Gasteiger partial charge in [0.15, 0.2) is 0 Å². The summed E-state index contributed by atoms with van der Waals surface area (Å²) in [6, 6.07) is 15.1. The maximum atomic E-state index is 12.2. The number of nitrogens with two attached hydrogens (primary N) is 1. The first-order valence-electron chi connectivity index (χ1n) is 6.34. The summed E-state index contributed by atoms with van der Waals surface area (Å²) >= 11 is 5.80. The summed E-state index contributed by atoms with van der Waals surface area (Å²) in [5.41, 5.74) is 7.05. The van der Waals surface area contributed by atoms with Crippen LogP contribution in [-0.2, 0) is 0 Å². The lowest BCUT2D eigenvalue weighted by Gasteiger charge is -2.08. The normalized spacial score (nSPS) is 10.5. The zero-order valence-corrected chi connectivity index (χ0v) is 11.8. The van der Waals surface area contributed by atoms with E-state index in [4.69, 9.17) is 17.3 Å². The monoisotopic (exact) mass is 297 g/mol. The molecule has 1 aromatic heterocycles. The molecule has 0 unspecified atom stereocenters. The highest BCUT2D eigenvalue weighted by molar-refractivity contribution is 6.30. The van der Waals surface area contributed by atoms with Crippen molar-refractivity contribution >= 4 is 39.7 Å². The van der Waals surface area contributed by atoms with Gasteiger partial charge in [0, 0.05) is 5.69 Å². The Labute approximate surface area is 126 Å². The average molecular weight is 298 g/mol. The van der Waals surface area contributed by atoms with Crippen molar-refractivity contribution in [3.05, 3.63) is 65.4 Å². The molecule has 0 atom stereocenters. The number of carbonyl (C=O) groups excluding carboxylic acids is 1. The maximum absolute atomic E-state index is 12.2. The fourth-order valence-electron chi connectivity index (χ4n) is 2.10. The van der Waals surface area contributed by atoms with Crippen LogP contribution in [0.5, 0.6) is 0 Å². The first-order valence-corrected chi connectivity index (χ1v) is 6.72. The summed E-state index contributed by atoms with van der Waals surface area (Å²) in [6.45, 7) is 0. The van der Waals surface area contributed by atoms with Crippen molar-refractivity contribution in [2.45, 2.75) is 0 Å². The molecule has 1 amide bonds. The molecule has 4 nitrogen and oxygen atoms in total. The number of benzene rings is 2. The van der Waals surface area contributed by atoms with Crippen molar-refractivity contribution in [3.63, 3.8) is 0 Å². The number of hydrogen-bond acceptors (Lipinski definition) is 3. The van der Waals surface area contributed by atoms with E-state index < -0.39 is 0 Å². The van der Waals surface area contributed by atoms with Crippen LogP contribution in [0.25, 0.3) is 10.8 Å². The number of nitrogens with zero attached hydrogens (tertiary/aromatic N) is 1. The van der Waals surface area contributed by atoms with Gasteiger partial charge in [-0.15, -0.1) is 0 Å². The van der Waals surface area contributed by atoms with E-state index in [-0.39, 0.29) is 16.7 Å². The van der Waals surface area contributed by atoms with Crippen LogP contribution in [0.3, 0.4) is 0 Å². The fraction of sp³-hybridized carbons (Fsp3) is 0.